The maximum Gasteiger partial charge on any atom is 0.231 e. The van der Waals surface area contributed by atoms with Crippen LogP contribution in [-0.2, 0) is 21.5 Å². The Kier molecular flexibility index (Phi) is 4.55. The summed E-state index contributed by atoms with van der Waals surface area (Å²) < 4.78 is 18.5. The quantitative estimate of drug-likeness (QED) is 0.885. The van der Waals surface area contributed by atoms with Crippen molar-refractivity contribution in [3.8, 4) is 0 Å². The van der Waals surface area contributed by atoms with E-state index in [1.54, 1.807) is 18.3 Å². The van der Waals surface area contributed by atoms with Gasteiger partial charge in [0.25, 0.3) is 0 Å². The topological polar surface area (TPSA) is 67.4 Å². The van der Waals surface area contributed by atoms with E-state index in [9.17, 15) is 9.18 Å². The number of carbonyl (C=O) groups is 1. The van der Waals surface area contributed by atoms with E-state index < -0.39 is 5.41 Å². The highest BCUT2D eigenvalue weighted by atomic mass is 19.1. The minimum absolute atomic E-state index is 0.0514. The lowest BCUT2D eigenvalue weighted by Crippen LogP contribution is -2.37. The average molecular weight is 356 g/mol. The molecule has 136 valence electrons. The first-order valence-electron chi connectivity index (χ1n) is 8.86. The summed E-state index contributed by atoms with van der Waals surface area (Å²) >= 11 is 0. The molecule has 2 fully saturated rings. The summed E-state index contributed by atoms with van der Waals surface area (Å²) in [7, 11) is 0. The molecule has 1 aliphatic carbocycles. The van der Waals surface area contributed by atoms with Crippen molar-refractivity contribution >= 4 is 11.7 Å². The molecule has 26 heavy (non-hydrogen) atoms. The number of morpholine rings is 1. The third-order valence-corrected chi connectivity index (χ3v) is 5.01. The van der Waals surface area contributed by atoms with Gasteiger partial charge in [0.2, 0.25) is 5.91 Å². The molecule has 1 N–H and O–H groups in total. The SMILES string of the molecule is O=C(NCc1nccc(N2CCOCC2)n1)C1(c2ccc(F)cc2)CC1. The fraction of sp³-hybridized carbons (Fsp3) is 0.421. The van der Waals surface area contributed by atoms with Gasteiger partial charge in [-0.3, -0.25) is 4.79 Å². The van der Waals surface area contributed by atoms with Crippen LogP contribution in [0.25, 0.3) is 0 Å². The molecule has 1 aliphatic heterocycles. The van der Waals surface area contributed by atoms with Gasteiger partial charge in [0.05, 0.1) is 25.2 Å². The minimum Gasteiger partial charge on any atom is -0.378 e. The highest BCUT2D eigenvalue weighted by Crippen LogP contribution is 2.48. The van der Waals surface area contributed by atoms with Gasteiger partial charge >= 0.3 is 0 Å². The molecule has 0 bridgehead atoms. The van der Waals surface area contributed by atoms with E-state index in [0.29, 0.717) is 19.0 Å². The van der Waals surface area contributed by atoms with Crippen molar-refractivity contribution in [1.82, 2.24) is 15.3 Å². The minimum atomic E-state index is -0.532. The van der Waals surface area contributed by atoms with Gasteiger partial charge in [-0.15, -0.1) is 0 Å². The standard InChI is InChI=1S/C19H21FN4O2/c20-15-3-1-14(2-4-15)19(6-7-19)18(25)22-13-16-21-8-5-17(23-16)24-9-11-26-12-10-24/h1-5,8H,6-7,9-13H2,(H,22,25). The van der Waals surface area contributed by atoms with Crippen LogP contribution in [0.15, 0.2) is 36.5 Å². The molecule has 1 saturated heterocycles. The fourth-order valence-corrected chi connectivity index (χ4v) is 3.31. The molecule has 0 spiro atoms. The van der Waals surface area contributed by atoms with E-state index in [4.69, 9.17) is 4.74 Å². The summed E-state index contributed by atoms with van der Waals surface area (Å²) in [6.07, 6.45) is 3.27. The lowest BCUT2D eigenvalue weighted by atomic mass is 9.95. The van der Waals surface area contributed by atoms with Gasteiger partial charge < -0.3 is 15.0 Å². The van der Waals surface area contributed by atoms with E-state index in [0.717, 1.165) is 37.3 Å². The number of hydrogen-bond donors (Lipinski definition) is 1. The molecule has 1 aromatic heterocycles. The smallest absolute Gasteiger partial charge is 0.231 e. The lowest BCUT2D eigenvalue weighted by molar-refractivity contribution is -0.123. The summed E-state index contributed by atoms with van der Waals surface area (Å²) in [6.45, 7) is 3.26. The number of amides is 1. The Morgan fingerprint density at radius 1 is 1.19 bits per heavy atom. The Morgan fingerprint density at radius 3 is 2.62 bits per heavy atom. The van der Waals surface area contributed by atoms with Crippen LogP contribution in [0.2, 0.25) is 0 Å². The third-order valence-electron chi connectivity index (χ3n) is 5.01. The van der Waals surface area contributed by atoms with Crippen LogP contribution in [0, 0.1) is 5.82 Å². The summed E-state index contributed by atoms with van der Waals surface area (Å²) in [5, 5.41) is 2.94. The first kappa shape index (κ1) is 16.9. The predicted molar refractivity (Wildman–Crippen MR) is 94.2 cm³/mol. The number of nitrogens with one attached hydrogen (secondary N) is 1. The molecule has 2 heterocycles. The number of carbonyl (C=O) groups excluding carboxylic acids is 1. The van der Waals surface area contributed by atoms with Gasteiger partial charge in [-0.2, -0.15) is 0 Å². The molecule has 1 saturated carbocycles. The Hall–Kier alpha value is -2.54. The maximum atomic E-state index is 13.1. The van der Waals surface area contributed by atoms with Gasteiger partial charge in [0.1, 0.15) is 17.5 Å². The van der Waals surface area contributed by atoms with Crippen molar-refractivity contribution in [2.75, 3.05) is 31.2 Å². The number of aromatic nitrogens is 2. The number of nitrogens with zero attached hydrogens (tertiary/aromatic N) is 3. The number of hydrogen-bond acceptors (Lipinski definition) is 5. The molecule has 2 aromatic rings. The molecule has 0 radical (unpaired) electrons. The Bertz CT molecular complexity index is 786. The van der Waals surface area contributed by atoms with Crippen molar-refractivity contribution < 1.29 is 13.9 Å². The van der Waals surface area contributed by atoms with Crippen molar-refractivity contribution in [1.29, 1.82) is 0 Å². The summed E-state index contributed by atoms with van der Waals surface area (Å²) in [5.41, 5.74) is 0.328. The highest BCUT2D eigenvalue weighted by Gasteiger charge is 2.51. The lowest BCUT2D eigenvalue weighted by Gasteiger charge is -2.27. The Labute approximate surface area is 151 Å². The summed E-state index contributed by atoms with van der Waals surface area (Å²) in [6, 6.07) is 8.06. The normalized spacial score (nSPS) is 18.4. The summed E-state index contributed by atoms with van der Waals surface area (Å²) in [5.74, 6) is 1.09. The molecule has 1 aromatic carbocycles. The number of ether oxygens (including phenoxy) is 1. The largest absolute Gasteiger partial charge is 0.378 e. The Morgan fingerprint density at radius 2 is 1.92 bits per heavy atom. The van der Waals surface area contributed by atoms with Crippen LogP contribution >= 0.6 is 0 Å². The van der Waals surface area contributed by atoms with E-state index in [1.165, 1.54) is 12.1 Å². The molecule has 0 atom stereocenters. The molecule has 6 nitrogen and oxygen atoms in total. The molecular formula is C19H21FN4O2. The van der Waals surface area contributed by atoms with Gasteiger partial charge in [0, 0.05) is 19.3 Å². The number of halogens is 1. The van der Waals surface area contributed by atoms with Crippen molar-refractivity contribution in [3.05, 3.63) is 53.7 Å². The van der Waals surface area contributed by atoms with Crippen molar-refractivity contribution in [2.24, 2.45) is 0 Å². The summed E-state index contributed by atoms with van der Waals surface area (Å²) in [4.78, 5) is 23.6. The van der Waals surface area contributed by atoms with Crippen LogP contribution < -0.4 is 10.2 Å². The molecule has 7 heteroatoms. The maximum absolute atomic E-state index is 13.1. The third kappa shape index (κ3) is 3.39. The molecule has 1 amide bonds. The van der Waals surface area contributed by atoms with Gasteiger partial charge in [-0.25, -0.2) is 14.4 Å². The van der Waals surface area contributed by atoms with E-state index in [1.807, 2.05) is 6.07 Å². The van der Waals surface area contributed by atoms with Crippen LogP contribution in [0.3, 0.4) is 0 Å². The van der Waals surface area contributed by atoms with Gasteiger partial charge in [-0.05, 0) is 36.6 Å². The molecule has 2 aliphatic rings. The van der Waals surface area contributed by atoms with Crippen LogP contribution in [-0.4, -0.2) is 42.2 Å². The van der Waals surface area contributed by atoms with Crippen LogP contribution in [0.4, 0.5) is 10.2 Å². The second-order valence-electron chi connectivity index (χ2n) is 6.70. The molecule has 0 unspecified atom stereocenters. The van der Waals surface area contributed by atoms with Crippen LogP contribution in [0.5, 0.6) is 0 Å². The fourth-order valence-electron chi connectivity index (χ4n) is 3.31. The predicted octanol–water partition coefficient (Wildman–Crippen LogP) is 1.80. The van der Waals surface area contributed by atoms with E-state index >= 15 is 0 Å². The highest BCUT2D eigenvalue weighted by molar-refractivity contribution is 5.91. The van der Waals surface area contributed by atoms with E-state index in [-0.39, 0.29) is 18.3 Å². The monoisotopic (exact) mass is 356 g/mol. The van der Waals surface area contributed by atoms with Crippen molar-refractivity contribution in [2.45, 2.75) is 24.8 Å². The van der Waals surface area contributed by atoms with Gasteiger partial charge in [0.15, 0.2) is 0 Å². The second kappa shape index (κ2) is 6.99. The molecule has 4 rings (SSSR count). The van der Waals surface area contributed by atoms with Crippen LogP contribution in [0.1, 0.15) is 24.2 Å². The second-order valence-corrected chi connectivity index (χ2v) is 6.70. The average Bonchev–Trinajstić information content (AvgIpc) is 3.50. The van der Waals surface area contributed by atoms with Gasteiger partial charge in [-0.1, -0.05) is 12.1 Å². The first-order valence-corrected chi connectivity index (χ1v) is 8.86. The number of anilines is 1. The van der Waals surface area contributed by atoms with Crippen molar-refractivity contribution in [3.63, 3.8) is 0 Å². The zero-order valence-electron chi connectivity index (χ0n) is 14.4. The number of rotatable bonds is 5. The first-order chi connectivity index (χ1) is 12.7. The zero-order chi connectivity index (χ0) is 18.0. The van der Waals surface area contributed by atoms with E-state index in [2.05, 4.69) is 20.2 Å². The number of benzene rings is 1. The molecular weight excluding hydrogens is 335 g/mol. The zero-order valence-corrected chi connectivity index (χ0v) is 14.4. The Balaban J connectivity index is 1.41.